The Labute approximate surface area is 385 Å². The van der Waals surface area contributed by atoms with Crippen molar-refractivity contribution in [1.82, 2.24) is 5.32 Å². The predicted octanol–water partition coefficient (Wildman–Crippen LogP) is 16.5. The van der Waals surface area contributed by atoms with E-state index in [-0.39, 0.29) is 24.9 Å². The van der Waals surface area contributed by atoms with E-state index in [9.17, 15) is 19.8 Å². The second-order valence-electron chi connectivity index (χ2n) is 18.6. The van der Waals surface area contributed by atoms with Gasteiger partial charge in [-0.15, -0.1) is 0 Å². The SMILES string of the molecule is CCCCC/C=C\C/C=C\CCCCCCCCCCCC(=O)OC(CCC/C=C\CCCCCCCC)CC(=O)NC(CO)C(O)CCCCCCCCCCCCCCC. The molecule has 3 N–H and O–H groups in total. The van der Waals surface area contributed by atoms with E-state index in [0.29, 0.717) is 19.3 Å². The van der Waals surface area contributed by atoms with E-state index >= 15 is 0 Å². The number of hydrogen-bond acceptors (Lipinski definition) is 5. The van der Waals surface area contributed by atoms with Crippen LogP contribution < -0.4 is 5.32 Å². The molecule has 0 aliphatic heterocycles. The van der Waals surface area contributed by atoms with Crippen LogP contribution in [0.4, 0.5) is 0 Å². The molecular weight excluding hydrogens is 767 g/mol. The van der Waals surface area contributed by atoms with E-state index in [1.807, 2.05) is 0 Å². The lowest BCUT2D eigenvalue weighted by molar-refractivity contribution is -0.151. The topological polar surface area (TPSA) is 95.9 Å². The molecule has 0 rings (SSSR count). The largest absolute Gasteiger partial charge is 0.462 e. The van der Waals surface area contributed by atoms with Crippen LogP contribution in [0.25, 0.3) is 0 Å². The fourth-order valence-corrected chi connectivity index (χ4v) is 8.29. The van der Waals surface area contributed by atoms with Gasteiger partial charge in [-0.05, 0) is 77.0 Å². The molecule has 6 nitrogen and oxygen atoms in total. The molecule has 0 bridgehead atoms. The molecule has 0 aliphatic rings. The second kappa shape index (κ2) is 50.1. The number of esters is 1. The molecule has 62 heavy (non-hydrogen) atoms. The monoisotopic (exact) mass is 872 g/mol. The summed E-state index contributed by atoms with van der Waals surface area (Å²) in [5.74, 6) is -0.498. The van der Waals surface area contributed by atoms with E-state index in [4.69, 9.17) is 4.74 Å². The van der Waals surface area contributed by atoms with Crippen molar-refractivity contribution in [3.05, 3.63) is 36.5 Å². The minimum Gasteiger partial charge on any atom is -0.462 e. The van der Waals surface area contributed by atoms with Crippen molar-refractivity contribution in [2.24, 2.45) is 0 Å². The molecule has 0 radical (unpaired) electrons. The molecule has 6 heteroatoms. The molecule has 0 spiro atoms. The van der Waals surface area contributed by atoms with Crippen molar-refractivity contribution < 1.29 is 24.5 Å². The van der Waals surface area contributed by atoms with Crippen LogP contribution in [0, 0.1) is 0 Å². The first-order valence-electron chi connectivity index (χ1n) is 27.2. The van der Waals surface area contributed by atoms with Gasteiger partial charge >= 0.3 is 5.97 Å². The quantitative estimate of drug-likeness (QED) is 0.0321. The first-order chi connectivity index (χ1) is 30.5. The van der Waals surface area contributed by atoms with Crippen LogP contribution in [0.3, 0.4) is 0 Å². The Kier molecular flexibility index (Phi) is 48.5. The number of nitrogens with one attached hydrogen (secondary N) is 1. The third kappa shape index (κ3) is 44.7. The van der Waals surface area contributed by atoms with Gasteiger partial charge in [-0.1, -0.05) is 231 Å². The van der Waals surface area contributed by atoms with E-state index in [2.05, 4.69) is 62.5 Å². The molecule has 3 unspecified atom stereocenters. The zero-order valence-electron chi connectivity index (χ0n) is 41.5. The number of unbranched alkanes of at least 4 members (excludes halogenated alkanes) is 31. The number of hydrogen-bond donors (Lipinski definition) is 3. The van der Waals surface area contributed by atoms with Crippen molar-refractivity contribution in [3.8, 4) is 0 Å². The van der Waals surface area contributed by atoms with Crippen molar-refractivity contribution >= 4 is 11.9 Å². The van der Waals surface area contributed by atoms with Gasteiger partial charge in [-0.2, -0.15) is 0 Å². The van der Waals surface area contributed by atoms with Gasteiger partial charge in [0.2, 0.25) is 5.91 Å². The van der Waals surface area contributed by atoms with Gasteiger partial charge in [-0.3, -0.25) is 9.59 Å². The summed E-state index contributed by atoms with van der Waals surface area (Å²) in [4.78, 5) is 26.1. The van der Waals surface area contributed by atoms with Gasteiger partial charge in [-0.25, -0.2) is 0 Å². The van der Waals surface area contributed by atoms with Crippen LogP contribution >= 0.6 is 0 Å². The summed E-state index contributed by atoms with van der Waals surface area (Å²) in [5, 5.41) is 23.8. The summed E-state index contributed by atoms with van der Waals surface area (Å²) in [6, 6.07) is -0.708. The number of carbonyl (C=O) groups is 2. The molecule has 0 aromatic heterocycles. The van der Waals surface area contributed by atoms with E-state index < -0.39 is 18.2 Å². The van der Waals surface area contributed by atoms with Crippen LogP contribution in [0.15, 0.2) is 36.5 Å². The first kappa shape index (κ1) is 60.1. The van der Waals surface area contributed by atoms with Gasteiger partial charge in [0.1, 0.15) is 6.10 Å². The average Bonchev–Trinajstić information content (AvgIpc) is 3.26. The molecule has 0 aromatic rings. The fraction of sp³-hybridized carbons (Fsp3) is 0.857. The molecule has 0 aliphatic carbocycles. The van der Waals surface area contributed by atoms with Gasteiger partial charge in [0, 0.05) is 6.42 Å². The lowest BCUT2D eigenvalue weighted by atomic mass is 10.0. The van der Waals surface area contributed by atoms with Crippen LogP contribution in [0.2, 0.25) is 0 Å². The number of aliphatic hydroxyl groups is 2. The van der Waals surface area contributed by atoms with Crippen molar-refractivity contribution in [2.75, 3.05) is 6.61 Å². The lowest BCUT2D eigenvalue weighted by Crippen LogP contribution is -2.46. The average molecular weight is 872 g/mol. The smallest absolute Gasteiger partial charge is 0.306 e. The molecule has 364 valence electrons. The summed E-state index contributed by atoms with van der Waals surface area (Å²) in [6.07, 6.45) is 59.2. The minimum absolute atomic E-state index is 0.0575. The molecule has 0 heterocycles. The minimum atomic E-state index is -0.792. The van der Waals surface area contributed by atoms with E-state index in [0.717, 1.165) is 64.2 Å². The third-order valence-electron chi connectivity index (χ3n) is 12.4. The zero-order valence-corrected chi connectivity index (χ0v) is 41.5. The highest BCUT2D eigenvalue weighted by atomic mass is 16.5. The highest BCUT2D eigenvalue weighted by Crippen LogP contribution is 2.17. The number of amides is 1. The Balaban J connectivity index is 4.49. The molecule has 0 fully saturated rings. The zero-order chi connectivity index (χ0) is 45.2. The molecule has 0 aromatic carbocycles. The van der Waals surface area contributed by atoms with Crippen LogP contribution in [0.1, 0.15) is 284 Å². The standard InChI is InChI=1S/C56H105NO5/c1-4-7-10-13-16-19-22-24-25-26-27-28-29-31-34-37-40-43-46-49-56(61)62-52(47-44-41-38-35-32-21-18-15-12-9-6-3)50-55(60)57-53(51-58)54(59)48-45-42-39-36-33-30-23-20-17-14-11-8-5-2/h16,19,24-25,35,38,52-54,58-59H,4-15,17-18,20-23,26-34,36-37,39-51H2,1-3H3,(H,57,60)/b19-16-,25-24-,38-35-. The van der Waals surface area contributed by atoms with Crippen molar-refractivity contribution in [1.29, 1.82) is 0 Å². The van der Waals surface area contributed by atoms with E-state index in [1.165, 1.54) is 173 Å². The van der Waals surface area contributed by atoms with Crippen molar-refractivity contribution in [2.45, 2.75) is 302 Å². The van der Waals surface area contributed by atoms with Gasteiger partial charge in [0.05, 0.1) is 25.2 Å². The lowest BCUT2D eigenvalue weighted by Gasteiger charge is -2.24. The molecule has 3 atom stereocenters. The molecule has 1 amide bonds. The van der Waals surface area contributed by atoms with Gasteiger partial charge in [0.25, 0.3) is 0 Å². The Morgan fingerprint density at radius 2 is 0.839 bits per heavy atom. The fourth-order valence-electron chi connectivity index (χ4n) is 8.29. The molecule has 0 saturated heterocycles. The molecular formula is C56H105NO5. The predicted molar refractivity (Wildman–Crippen MR) is 269 cm³/mol. The summed E-state index contributed by atoms with van der Waals surface area (Å²) in [7, 11) is 0. The van der Waals surface area contributed by atoms with E-state index in [1.54, 1.807) is 0 Å². The van der Waals surface area contributed by atoms with Crippen LogP contribution in [-0.4, -0.2) is 46.9 Å². The number of carbonyl (C=O) groups excluding carboxylic acids is 2. The maximum atomic E-state index is 13.2. The number of ether oxygens (including phenoxy) is 1. The van der Waals surface area contributed by atoms with Gasteiger partial charge in [0.15, 0.2) is 0 Å². The Morgan fingerprint density at radius 1 is 0.468 bits per heavy atom. The Morgan fingerprint density at radius 3 is 1.31 bits per heavy atom. The highest BCUT2D eigenvalue weighted by molar-refractivity contribution is 5.77. The normalized spacial score (nSPS) is 13.4. The Bertz CT molecular complexity index is 1020. The number of rotatable bonds is 49. The number of allylic oxidation sites excluding steroid dienone is 6. The second-order valence-corrected chi connectivity index (χ2v) is 18.6. The first-order valence-corrected chi connectivity index (χ1v) is 27.2. The summed E-state index contributed by atoms with van der Waals surface area (Å²) in [6.45, 7) is 6.46. The third-order valence-corrected chi connectivity index (χ3v) is 12.4. The Hall–Kier alpha value is -1.92. The van der Waals surface area contributed by atoms with Gasteiger partial charge < -0.3 is 20.3 Å². The van der Waals surface area contributed by atoms with Crippen molar-refractivity contribution in [3.63, 3.8) is 0 Å². The highest BCUT2D eigenvalue weighted by Gasteiger charge is 2.24. The molecule has 0 saturated carbocycles. The summed E-state index contributed by atoms with van der Waals surface area (Å²) < 4.78 is 5.92. The number of aliphatic hydroxyl groups excluding tert-OH is 2. The summed E-state index contributed by atoms with van der Waals surface area (Å²) in [5.41, 5.74) is 0. The van der Waals surface area contributed by atoms with Crippen LogP contribution in [0.5, 0.6) is 0 Å². The maximum absolute atomic E-state index is 13.2. The maximum Gasteiger partial charge on any atom is 0.306 e. The summed E-state index contributed by atoms with van der Waals surface area (Å²) >= 11 is 0. The van der Waals surface area contributed by atoms with Crippen LogP contribution in [-0.2, 0) is 14.3 Å².